The first kappa shape index (κ1) is 14.0. The monoisotopic (exact) mass is 347 g/mol. The van der Waals surface area contributed by atoms with E-state index in [0.717, 1.165) is 5.01 Å². The van der Waals surface area contributed by atoms with Crippen LogP contribution in [0.3, 0.4) is 0 Å². The molecular formula is C10H10BrN3O4S. The molecule has 0 radical (unpaired) electrons. The maximum absolute atomic E-state index is 12.1. The number of hydrogen-bond acceptors (Lipinski definition) is 4. The van der Waals surface area contributed by atoms with Gasteiger partial charge in [-0.15, -0.1) is 4.83 Å². The van der Waals surface area contributed by atoms with Gasteiger partial charge in [-0.1, -0.05) is 22.0 Å². The number of amides is 3. The summed E-state index contributed by atoms with van der Waals surface area (Å²) < 4.78 is 24.9. The molecule has 0 saturated carbocycles. The SMILES string of the molecule is Cc1ccc(Br)cc1S(=O)(=O)NN1CC(=O)NC1=O. The van der Waals surface area contributed by atoms with E-state index in [1.54, 1.807) is 19.1 Å². The number of nitrogens with zero attached hydrogens (tertiary/aromatic N) is 1. The van der Waals surface area contributed by atoms with Gasteiger partial charge in [-0.05, 0) is 24.6 Å². The van der Waals surface area contributed by atoms with Gasteiger partial charge in [-0.2, -0.15) is 0 Å². The Morgan fingerprint density at radius 2 is 2.05 bits per heavy atom. The molecule has 0 bridgehead atoms. The van der Waals surface area contributed by atoms with Crippen molar-refractivity contribution in [2.45, 2.75) is 11.8 Å². The van der Waals surface area contributed by atoms with Gasteiger partial charge in [-0.25, -0.2) is 18.2 Å². The van der Waals surface area contributed by atoms with Gasteiger partial charge in [0.1, 0.15) is 6.54 Å². The van der Waals surface area contributed by atoms with E-state index >= 15 is 0 Å². The van der Waals surface area contributed by atoms with Crippen LogP contribution in [-0.2, 0) is 14.8 Å². The van der Waals surface area contributed by atoms with Crippen LogP contribution in [0.4, 0.5) is 4.79 Å². The Balaban J connectivity index is 2.30. The summed E-state index contributed by atoms with van der Waals surface area (Å²) in [7, 11) is -3.92. The van der Waals surface area contributed by atoms with Crippen molar-refractivity contribution >= 4 is 37.9 Å². The highest BCUT2D eigenvalue weighted by atomic mass is 79.9. The van der Waals surface area contributed by atoms with Crippen molar-refractivity contribution in [2.75, 3.05) is 6.54 Å². The topological polar surface area (TPSA) is 95.6 Å². The quantitative estimate of drug-likeness (QED) is 0.778. The van der Waals surface area contributed by atoms with Crippen molar-refractivity contribution in [3.8, 4) is 0 Å². The molecule has 1 saturated heterocycles. The molecule has 2 rings (SSSR count). The minimum absolute atomic E-state index is 0.0361. The number of hydrogen-bond donors (Lipinski definition) is 2. The van der Waals surface area contributed by atoms with Crippen molar-refractivity contribution in [1.29, 1.82) is 0 Å². The molecule has 3 amide bonds. The summed E-state index contributed by atoms with van der Waals surface area (Å²) in [5, 5.41) is 2.70. The van der Waals surface area contributed by atoms with Crippen molar-refractivity contribution in [1.82, 2.24) is 15.2 Å². The van der Waals surface area contributed by atoms with Crippen LogP contribution in [0, 0.1) is 6.92 Å². The molecule has 9 heteroatoms. The van der Waals surface area contributed by atoms with Gasteiger partial charge in [0, 0.05) is 4.47 Å². The number of rotatable bonds is 3. The van der Waals surface area contributed by atoms with Crippen molar-refractivity contribution < 1.29 is 18.0 Å². The average molecular weight is 348 g/mol. The Morgan fingerprint density at radius 3 is 2.63 bits per heavy atom. The lowest BCUT2D eigenvalue weighted by Gasteiger charge is -2.16. The molecule has 0 unspecified atom stereocenters. The lowest BCUT2D eigenvalue weighted by atomic mass is 10.2. The highest BCUT2D eigenvalue weighted by molar-refractivity contribution is 9.10. The van der Waals surface area contributed by atoms with E-state index in [-0.39, 0.29) is 11.4 Å². The van der Waals surface area contributed by atoms with E-state index in [1.807, 2.05) is 5.32 Å². The van der Waals surface area contributed by atoms with Gasteiger partial charge < -0.3 is 0 Å². The van der Waals surface area contributed by atoms with Crippen LogP contribution >= 0.6 is 15.9 Å². The molecule has 1 aliphatic rings. The third-order valence-corrected chi connectivity index (χ3v) is 4.44. The van der Waals surface area contributed by atoms with E-state index in [0.29, 0.717) is 10.0 Å². The summed E-state index contributed by atoms with van der Waals surface area (Å²) in [5.41, 5.74) is 0.529. The molecule has 0 aliphatic carbocycles. The number of aryl methyl sites for hydroxylation is 1. The van der Waals surface area contributed by atoms with E-state index in [2.05, 4.69) is 20.8 Å². The standard InChI is InChI=1S/C10H10BrN3O4S/c1-6-2-3-7(11)4-8(6)19(17,18)13-14-5-9(15)12-10(14)16/h2-4,13H,5H2,1H3,(H,12,15,16). The number of sulfonamides is 1. The lowest BCUT2D eigenvalue weighted by Crippen LogP contribution is -2.44. The minimum atomic E-state index is -3.92. The fraction of sp³-hybridized carbons (Fsp3) is 0.200. The molecule has 19 heavy (non-hydrogen) atoms. The lowest BCUT2D eigenvalue weighted by molar-refractivity contribution is -0.118. The summed E-state index contributed by atoms with van der Waals surface area (Å²) in [4.78, 5) is 24.4. The van der Waals surface area contributed by atoms with Gasteiger partial charge in [0.2, 0.25) is 5.91 Å². The smallest absolute Gasteiger partial charge is 0.275 e. The first-order valence-corrected chi connectivity index (χ1v) is 7.47. The van der Waals surface area contributed by atoms with Crippen molar-refractivity contribution in [3.05, 3.63) is 28.2 Å². The summed E-state index contributed by atoms with van der Waals surface area (Å²) >= 11 is 3.18. The highest BCUT2D eigenvalue weighted by Gasteiger charge is 2.31. The maximum atomic E-state index is 12.1. The average Bonchev–Trinajstić information content (AvgIpc) is 2.60. The van der Waals surface area contributed by atoms with Crippen LogP contribution in [0.1, 0.15) is 5.56 Å². The second-order valence-electron chi connectivity index (χ2n) is 3.94. The summed E-state index contributed by atoms with van der Waals surface area (Å²) in [6.07, 6.45) is 0. The number of nitrogens with one attached hydrogen (secondary N) is 2. The highest BCUT2D eigenvalue weighted by Crippen LogP contribution is 2.20. The predicted octanol–water partition coefficient (Wildman–Crippen LogP) is 0.503. The number of carbonyl (C=O) groups is 2. The molecule has 0 aromatic heterocycles. The van der Waals surface area contributed by atoms with Gasteiger partial charge >= 0.3 is 6.03 Å². The third kappa shape index (κ3) is 2.94. The van der Waals surface area contributed by atoms with Crippen LogP contribution in [0.15, 0.2) is 27.6 Å². The van der Waals surface area contributed by atoms with E-state index < -0.39 is 22.0 Å². The molecular weight excluding hydrogens is 338 g/mol. The molecule has 1 heterocycles. The normalized spacial score (nSPS) is 15.8. The fourth-order valence-electron chi connectivity index (χ4n) is 1.57. The van der Waals surface area contributed by atoms with E-state index in [9.17, 15) is 18.0 Å². The van der Waals surface area contributed by atoms with E-state index in [1.165, 1.54) is 6.07 Å². The molecule has 7 nitrogen and oxygen atoms in total. The van der Waals surface area contributed by atoms with Crippen LogP contribution < -0.4 is 10.1 Å². The molecule has 1 fully saturated rings. The minimum Gasteiger partial charge on any atom is -0.275 e. The maximum Gasteiger partial charge on any atom is 0.339 e. The van der Waals surface area contributed by atoms with Crippen LogP contribution in [-0.4, -0.2) is 31.9 Å². The number of carbonyl (C=O) groups excluding carboxylic acids is 2. The van der Waals surface area contributed by atoms with Gasteiger partial charge in [0.25, 0.3) is 10.0 Å². The summed E-state index contributed by atoms with van der Waals surface area (Å²) in [6, 6.07) is 3.98. The zero-order valence-electron chi connectivity index (χ0n) is 9.81. The van der Waals surface area contributed by atoms with Crippen molar-refractivity contribution in [2.24, 2.45) is 0 Å². The Bertz CT molecular complexity index is 659. The first-order chi connectivity index (χ1) is 8.79. The molecule has 1 aromatic carbocycles. The third-order valence-electron chi connectivity index (χ3n) is 2.46. The van der Waals surface area contributed by atoms with Gasteiger partial charge in [0.05, 0.1) is 4.90 Å². The zero-order valence-corrected chi connectivity index (χ0v) is 12.2. The Kier molecular flexibility index (Phi) is 3.61. The number of benzene rings is 1. The molecule has 0 atom stereocenters. The molecule has 2 N–H and O–H groups in total. The molecule has 1 aromatic rings. The zero-order chi connectivity index (χ0) is 14.2. The summed E-state index contributed by atoms with van der Waals surface area (Å²) in [6.45, 7) is 1.29. The van der Waals surface area contributed by atoms with Crippen molar-refractivity contribution in [3.63, 3.8) is 0 Å². The number of hydrazine groups is 1. The Hall–Kier alpha value is -1.45. The van der Waals surface area contributed by atoms with E-state index in [4.69, 9.17) is 0 Å². The van der Waals surface area contributed by atoms with Crippen LogP contribution in [0.25, 0.3) is 0 Å². The molecule has 102 valence electrons. The first-order valence-electron chi connectivity index (χ1n) is 5.19. The van der Waals surface area contributed by atoms with Crippen LogP contribution in [0.5, 0.6) is 0 Å². The predicted molar refractivity (Wildman–Crippen MR) is 69.4 cm³/mol. The second-order valence-corrected chi connectivity index (χ2v) is 6.49. The largest absolute Gasteiger partial charge is 0.339 e. The Labute approximate surface area is 118 Å². The van der Waals surface area contributed by atoms with Gasteiger partial charge in [-0.3, -0.25) is 10.1 Å². The number of urea groups is 1. The van der Waals surface area contributed by atoms with Gasteiger partial charge in [0.15, 0.2) is 0 Å². The Morgan fingerprint density at radius 1 is 1.37 bits per heavy atom. The second kappa shape index (κ2) is 4.91. The number of halogens is 1. The van der Waals surface area contributed by atoms with Crippen LogP contribution in [0.2, 0.25) is 0 Å². The summed E-state index contributed by atoms with van der Waals surface area (Å²) in [5.74, 6) is -0.557. The number of imide groups is 1. The molecule has 1 aliphatic heterocycles. The molecule has 0 spiro atoms. The fourth-order valence-corrected chi connectivity index (χ4v) is 3.40.